The Labute approximate surface area is 142 Å². The summed E-state index contributed by atoms with van der Waals surface area (Å²) < 4.78 is 0. The maximum Gasteiger partial charge on any atom is 0.252 e. The summed E-state index contributed by atoms with van der Waals surface area (Å²) in [7, 11) is 0. The van der Waals surface area contributed by atoms with Crippen LogP contribution in [0.2, 0.25) is 0 Å². The topological polar surface area (TPSA) is 49.0 Å². The highest BCUT2D eigenvalue weighted by atomic mass is 16.2. The molecule has 3 atom stereocenters. The van der Waals surface area contributed by atoms with E-state index in [0.717, 1.165) is 29.8 Å². The van der Waals surface area contributed by atoms with Crippen molar-refractivity contribution in [2.45, 2.75) is 25.7 Å². The van der Waals surface area contributed by atoms with Gasteiger partial charge in [0, 0.05) is 18.7 Å². The summed E-state index contributed by atoms with van der Waals surface area (Å²) in [5.74, 6) is 3.12. The summed E-state index contributed by atoms with van der Waals surface area (Å²) in [6.07, 6.45) is 10.6. The van der Waals surface area contributed by atoms with Gasteiger partial charge in [-0.1, -0.05) is 36.8 Å². The number of aromatic amines is 1. The molecule has 4 rings (SSSR count). The number of hydrogen-bond donors (Lipinski definition) is 1. The third-order valence-corrected chi connectivity index (χ3v) is 5.56. The minimum absolute atomic E-state index is 0.0193. The van der Waals surface area contributed by atoms with E-state index in [-0.39, 0.29) is 5.91 Å². The predicted octanol–water partition coefficient (Wildman–Crippen LogP) is 3.89. The number of nitrogens with one attached hydrogen (secondary N) is 1. The highest BCUT2D eigenvalue weighted by molar-refractivity contribution is 6.03. The Hall–Kier alpha value is -2.36. The van der Waals surface area contributed by atoms with Crippen LogP contribution in [0.1, 0.15) is 31.2 Å². The molecule has 1 heterocycles. The molecular weight excluding hydrogens is 298 g/mol. The lowest BCUT2D eigenvalue weighted by molar-refractivity contribution is -0.114. The summed E-state index contributed by atoms with van der Waals surface area (Å²) in [4.78, 5) is 14.7. The van der Waals surface area contributed by atoms with Gasteiger partial charge >= 0.3 is 0 Å². The van der Waals surface area contributed by atoms with Crippen molar-refractivity contribution in [2.24, 2.45) is 17.8 Å². The second-order valence-electron chi connectivity index (χ2n) is 7.07. The van der Waals surface area contributed by atoms with E-state index in [9.17, 15) is 4.79 Å². The maximum atomic E-state index is 12.8. The van der Waals surface area contributed by atoms with Crippen LogP contribution in [-0.2, 0) is 4.79 Å². The highest BCUT2D eigenvalue weighted by Crippen LogP contribution is 2.48. The Morgan fingerprint density at radius 3 is 2.75 bits per heavy atom. The van der Waals surface area contributed by atoms with E-state index in [1.807, 2.05) is 47.4 Å². The maximum absolute atomic E-state index is 12.8. The fraction of sp³-hybridized carbons (Fsp3) is 0.400. The Balaban J connectivity index is 1.50. The van der Waals surface area contributed by atoms with Gasteiger partial charge in [-0.3, -0.25) is 14.8 Å². The third kappa shape index (κ3) is 3.14. The van der Waals surface area contributed by atoms with Gasteiger partial charge in [0.15, 0.2) is 0 Å². The molecule has 24 heavy (non-hydrogen) atoms. The number of hydrogen-bond acceptors (Lipinski definition) is 2. The van der Waals surface area contributed by atoms with Crippen molar-refractivity contribution in [1.29, 1.82) is 0 Å². The molecule has 4 nitrogen and oxygen atoms in total. The molecule has 0 aliphatic heterocycles. The van der Waals surface area contributed by atoms with Crippen LogP contribution in [0.4, 0.5) is 5.82 Å². The molecule has 1 N–H and O–H groups in total. The van der Waals surface area contributed by atoms with Gasteiger partial charge in [0.2, 0.25) is 0 Å². The van der Waals surface area contributed by atoms with E-state index in [1.165, 1.54) is 25.7 Å². The van der Waals surface area contributed by atoms with Crippen LogP contribution in [0, 0.1) is 17.8 Å². The van der Waals surface area contributed by atoms with Crippen LogP contribution in [0.15, 0.2) is 48.7 Å². The SMILES string of the molecule is O=C(C=Cc1ccccc1)N(CC1CC2CCC1C2)c1ccn[nH]1. The summed E-state index contributed by atoms with van der Waals surface area (Å²) in [5.41, 5.74) is 1.04. The van der Waals surface area contributed by atoms with Crippen molar-refractivity contribution in [1.82, 2.24) is 10.2 Å². The fourth-order valence-corrected chi connectivity index (χ4v) is 4.36. The number of benzene rings is 1. The first-order valence-electron chi connectivity index (χ1n) is 8.83. The first-order chi connectivity index (χ1) is 11.8. The normalized spacial score (nSPS) is 25.4. The Kier molecular flexibility index (Phi) is 4.20. The zero-order valence-corrected chi connectivity index (χ0v) is 13.8. The summed E-state index contributed by atoms with van der Waals surface area (Å²) in [6.45, 7) is 0.793. The van der Waals surface area contributed by atoms with E-state index < -0.39 is 0 Å². The zero-order chi connectivity index (χ0) is 16.4. The second kappa shape index (κ2) is 6.63. The van der Waals surface area contributed by atoms with Gasteiger partial charge in [0.25, 0.3) is 5.91 Å². The van der Waals surface area contributed by atoms with Crippen LogP contribution in [0.25, 0.3) is 6.08 Å². The zero-order valence-electron chi connectivity index (χ0n) is 13.8. The number of anilines is 1. The van der Waals surface area contributed by atoms with Crippen molar-refractivity contribution in [3.8, 4) is 0 Å². The summed E-state index contributed by atoms with van der Waals surface area (Å²) >= 11 is 0. The smallest absolute Gasteiger partial charge is 0.252 e. The Morgan fingerprint density at radius 2 is 2.08 bits per heavy atom. The van der Waals surface area contributed by atoms with Crippen molar-refractivity contribution in [3.63, 3.8) is 0 Å². The van der Waals surface area contributed by atoms with Gasteiger partial charge in [-0.25, -0.2) is 0 Å². The van der Waals surface area contributed by atoms with Crippen LogP contribution in [-0.4, -0.2) is 22.6 Å². The number of H-pyrrole nitrogens is 1. The number of fused-ring (bicyclic) bond motifs is 2. The van der Waals surface area contributed by atoms with Crippen LogP contribution >= 0.6 is 0 Å². The van der Waals surface area contributed by atoms with Crippen LogP contribution in [0.3, 0.4) is 0 Å². The average molecular weight is 321 g/mol. The molecule has 0 radical (unpaired) electrons. The molecule has 1 aromatic carbocycles. The van der Waals surface area contributed by atoms with E-state index in [4.69, 9.17) is 0 Å². The van der Waals surface area contributed by atoms with Crippen LogP contribution < -0.4 is 4.90 Å². The van der Waals surface area contributed by atoms with Crippen molar-refractivity contribution >= 4 is 17.8 Å². The number of amides is 1. The summed E-state index contributed by atoms with van der Waals surface area (Å²) in [6, 6.07) is 11.8. The molecule has 124 valence electrons. The standard InChI is InChI=1S/C20H23N3O/c24-20(9-7-15-4-2-1-3-5-15)23(19-10-11-21-22-19)14-18-13-16-6-8-17(18)12-16/h1-5,7,9-11,16-18H,6,8,12-14H2,(H,21,22). The lowest BCUT2D eigenvalue weighted by Crippen LogP contribution is -2.36. The minimum atomic E-state index is 0.0193. The molecule has 4 heteroatoms. The van der Waals surface area contributed by atoms with Gasteiger partial charge in [-0.15, -0.1) is 0 Å². The molecule has 0 saturated heterocycles. The average Bonchev–Trinajstić information content (AvgIpc) is 3.36. The summed E-state index contributed by atoms with van der Waals surface area (Å²) in [5, 5.41) is 6.98. The van der Waals surface area contributed by atoms with Gasteiger partial charge in [0.1, 0.15) is 5.82 Å². The Bertz CT molecular complexity index is 708. The van der Waals surface area contributed by atoms with E-state index in [1.54, 1.807) is 12.3 Å². The molecule has 3 unspecified atom stereocenters. The number of carbonyl (C=O) groups is 1. The molecule has 0 spiro atoms. The first-order valence-corrected chi connectivity index (χ1v) is 8.83. The Morgan fingerprint density at radius 1 is 1.21 bits per heavy atom. The predicted molar refractivity (Wildman–Crippen MR) is 95.4 cm³/mol. The number of nitrogens with zero attached hydrogens (tertiary/aromatic N) is 2. The van der Waals surface area contributed by atoms with E-state index in [0.29, 0.717) is 5.92 Å². The van der Waals surface area contributed by atoms with E-state index >= 15 is 0 Å². The lowest BCUT2D eigenvalue weighted by Gasteiger charge is -2.28. The van der Waals surface area contributed by atoms with Gasteiger partial charge in [0.05, 0.1) is 6.20 Å². The lowest BCUT2D eigenvalue weighted by atomic mass is 9.88. The largest absolute Gasteiger partial charge is 0.293 e. The molecule has 2 aliphatic carbocycles. The number of aromatic nitrogens is 2. The molecule has 2 saturated carbocycles. The molecule has 2 bridgehead atoms. The third-order valence-electron chi connectivity index (χ3n) is 5.56. The molecule has 2 fully saturated rings. The number of carbonyl (C=O) groups excluding carboxylic acids is 1. The van der Waals surface area contributed by atoms with Crippen LogP contribution in [0.5, 0.6) is 0 Å². The van der Waals surface area contributed by atoms with Gasteiger partial charge < -0.3 is 0 Å². The monoisotopic (exact) mass is 321 g/mol. The molecular formula is C20H23N3O. The molecule has 2 aliphatic rings. The second-order valence-corrected chi connectivity index (χ2v) is 7.07. The van der Waals surface area contributed by atoms with Gasteiger partial charge in [-0.05, 0) is 48.7 Å². The molecule has 2 aromatic rings. The van der Waals surface area contributed by atoms with Gasteiger partial charge in [-0.2, -0.15) is 5.10 Å². The quantitative estimate of drug-likeness (QED) is 0.849. The number of rotatable bonds is 5. The molecule has 1 amide bonds. The van der Waals surface area contributed by atoms with Crippen molar-refractivity contribution < 1.29 is 4.79 Å². The minimum Gasteiger partial charge on any atom is -0.293 e. The first kappa shape index (κ1) is 15.2. The molecule has 1 aromatic heterocycles. The van der Waals surface area contributed by atoms with Crippen molar-refractivity contribution in [2.75, 3.05) is 11.4 Å². The fourth-order valence-electron chi connectivity index (χ4n) is 4.36. The highest BCUT2D eigenvalue weighted by Gasteiger charge is 2.40. The van der Waals surface area contributed by atoms with Crippen molar-refractivity contribution in [3.05, 3.63) is 54.2 Å². The van der Waals surface area contributed by atoms with E-state index in [2.05, 4.69) is 10.2 Å².